The monoisotopic (exact) mass is 264 g/mol. The fourth-order valence-electron chi connectivity index (χ4n) is 2.07. The fourth-order valence-corrected chi connectivity index (χ4v) is 2.07. The van der Waals surface area contributed by atoms with E-state index in [0.29, 0.717) is 0 Å². The molecule has 1 unspecified atom stereocenters. The highest BCUT2D eigenvalue weighted by Gasteiger charge is 2.20. The molecule has 0 bridgehead atoms. The summed E-state index contributed by atoms with van der Waals surface area (Å²) in [7, 11) is 0. The van der Waals surface area contributed by atoms with Gasteiger partial charge in [0.1, 0.15) is 0 Å². The third-order valence-corrected chi connectivity index (χ3v) is 3.09. The van der Waals surface area contributed by atoms with Crippen LogP contribution in [0, 0.1) is 12.7 Å². The summed E-state index contributed by atoms with van der Waals surface area (Å²) < 4.78 is 14.2. The van der Waals surface area contributed by atoms with E-state index in [1.54, 1.807) is 19.1 Å². The van der Waals surface area contributed by atoms with Crippen molar-refractivity contribution < 1.29 is 9.50 Å². The van der Waals surface area contributed by atoms with E-state index in [1.807, 2.05) is 24.0 Å². The Hall–Kier alpha value is -2.37. The Bertz CT molecular complexity index is 733. The first-order valence-corrected chi connectivity index (χ1v) is 5.72. The van der Waals surface area contributed by atoms with E-state index in [2.05, 4.69) is 0 Å². The molecule has 2 rings (SSSR count). The standard InChI is InChI=1S/C13H13FN2O3/c1-7-5-3-4-6-9(7)8(2)16-12(18)10(14)11(17)15-13(16)19/h3-6,8,18H,1-2H3,(H,15,17,19). The molecule has 1 aromatic heterocycles. The summed E-state index contributed by atoms with van der Waals surface area (Å²) in [5, 5.41) is 9.65. The van der Waals surface area contributed by atoms with Crippen molar-refractivity contribution in [1.29, 1.82) is 0 Å². The highest BCUT2D eigenvalue weighted by molar-refractivity contribution is 5.30. The largest absolute Gasteiger partial charge is 0.492 e. The lowest BCUT2D eigenvalue weighted by atomic mass is 10.0. The van der Waals surface area contributed by atoms with Gasteiger partial charge in [0.15, 0.2) is 0 Å². The molecule has 0 saturated carbocycles. The maximum absolute atomic E-state index is 13.4. The molecule has 0 radical (unpaired) electrons. The van der Waals surface area contributed by atoms with E-state index in [0.717, 1.165) is 15.7 Å². The Morgan fingerprint density at radius 3 is 2.58 bits per heavy atom. The average molecular weight is 264 g/mol. The van der Waals surface area contributed by atoms with Gasteiger partial charge >= 0.3 is 5.69 Å². The number of hydrogen-bond acceptors (Lipinski definition) is 3. The van der Waals surface area contributed by atoms with Crippen molar-refractivity contribution in [1.82, 2.24) is 9.55 Å². The lowest BCUT2D eigenvalue weighted by molar-refractivity contribution is 0.351. The van der Waals surface area contributed by atoms with Gasteiger partial charge in [-0.3, -0.25) is 14.3 Å². The van der Waals surface area contributed by atoms with Crippen LogP contribution in [0.1, 0.15) is 24.1 Å². The predicted molar refractivity (Wildman–Crippen MR) is 67.9 cm³/mol. The smallest absolute Gasteiger partial charge is 0.331 e. The van der Waals surface area contributed by atoms with Crippen LogP contribution in [0.25, 0.3) is 0 Å². The van der Waals surface area contributed by atoms with Gasteiger partial charge in [-0.15, -0.1) is 0 Å². The normalized spacial score (nSPS) is 12.4. The predicted octanol–water partition coefficient (Wildman–Crippen LogP) is 1.30. The van der Waals surface area contributed by atoms with Gasteiger partial charge in [0.25, 0.3) is 5.56 Å². The van der Waals surface area contributed by atoms with E-state index in [1.165, 1.54) is 0 Å². The maximum atomic E-state index is 13.4. The second kappa shape index (κ2) is 4.72. The Balaban J connectivity index is 2.67. The number of nitrogens with zero attached hydrogens (tertiary/aromatic N) is 1. The molecule has 1 heterocycles. The van der Waals surface area contributed by atoms with Crippen LogP contribution in [0.4, 0.5) is 4.39 Å². The van der Waals surface area contributed by atoms with Gasteiger partial charge in [0.2, 0.25) is 11.7 Å². The van der Waals surface area contributed by atoms with Crippen molar-refractivity contribution in [2.45, 2.75) is 19.9 Å². The maximum Gasteiger partial charge on any atom is 0.331 e. The number of rotatable bonds is 2. The van der Waals surface area contributed by atoms with Crippen LogP contribution >= 0.6 is 0 Å². The molecule has 0 aliphatic rings. The Labute approximate surface area is 108 Å². The number of aromatic nitrogens is 2. The summed E-state index contributed by atoms with van der Waals surface area (Å²) in [5.74, 6) is -2.32. The van der Waals surface area contributed by atoms with Crippen molar-refractivity contribution >= 4 is 0 Å². The minimum absolute atomic E-state index is 0.597. The van der Waals surface area contributed by atoms with Gasteiger partial charge < -0.3 is 5.11 Å². The van der Waals surface area contributed by atoms with Crippen molar-refractivity contribution in [2.24, 2.45) is 0 Å². The zero-order chi connectivity index (χ0) is 14.2. The molecule has 100 valence electrons. The number of aromatic amines is 1. The second-order valence-electron chi connectivity index (χ2n) is 4.30. The van der Waals surface area contributed by atoms with Crippen LogP contribution in [0.2, 0.25) is 0 Å². The SMILES string of the molecule is Cc1ccccc1C(C)n1c(O)c(F)c(=O)[nH]c1=O. The summed E-state index contributed by atoms with van der Waals surface area (Å²) in [6.45, 7) is 3.48. The molecule has 0 saturated heterocycles. The molecule has 1 atom stereocenters. The summed E-state index contributed by atoms with van der Waals surface area (Å²) in [6, 6.07) is 6.63. The molecule has 0 spiro atoms. The van der Waals surface area contributed by atoms with E-state index >= 15 is 0 Å². The van der Waals surface area contributed by atoms with E-state index in [-0.39, 0.29) is 0 Å². The number of aryl methyl sites for hydroxylation is 1. The third-order valence-electron chi connectivity index (χ3n) is 3.09. The molecule has 0 aliphatic heterocycles. The van der Waals surface area contributed by atoms with E-state index in [9.17, 15) is 19.1 Å². The second-order valence-corrected chi connectivity index (χ2v) is 4.30. The van der Waals surface area contributed by atoms with Gasteiger partial charge in [0, 0.05) is 0 Å². The Morgan fingerprint density at radius 2 is 1.95 bits per heavy atom. The number of nitrogens with one attached hydrogen (secondary N) is 1. The van der Waals surface area contributed by atoms with Crippen LogP contribution in [-0.4, -0.2) is 14.7 Å². The van der Waals surface area contributed by atoms with Gasteiger partial charge in [-0.05, 0) is 25.0 Å². The average Bonchev–Trinajstić information content (AvgIpc) is 2.36. The van der Waals surface area contributed by atoms with Crippen LogP contribution in [0.3, 0.4) is 0 Å². The minimum Gasteiger partial charge on any atom is -0.492 e. The van der Waals surface area contributed by atoms with Gasteiger partial charge in [-0.25, -0.2) is 4.79 Å². The van der Waals surface area contributed by atoms with Crippen molar-refractivity contribution in [3.05, 3.63) is 62.0 Å². The zero-order valence-electron chi connectivity index (χ0n) is 10.5. The van der Waals surface area contributed by atoms with Crippen LogP contribution in [0.5, 0.6) is 5.88 Å². The number of hydrogen-bond donors (Lipinski definition) is 2. The van der Waals surface area contributed by atoms with Gasteiger partial charge in [-0.2, -0.15) is 4.39 Å². The highest BCUT2D eigenvalue weighted by Crippen LogP contribution is 2.23. The van der Waals surface area contributed by atoms with Crippen LogP contribution in [-0.2, 0) is 0 Å². The summed E-state index contributed by atoms with van der Waals surface area (Å²) in [6.07, 6.45) is 0. The molecular formula is C13H13FN2O3. The first-order chi connectivity index (χ1) is 8.93. The molecule has 6 heteroatoms. The molecule has 5 nitrogen and oxygen atoms in total. The fraction of sp³-hybridized carbons (Fsp3) is 0.231. The lowest BCUT2D eigenvalue weighted by Gasteiger charge is -2.18. The molecular weight excluding hydrogens is 251 g/mol. The van der Waals surface area contributed by atoms with Crippen molar-refractivity contribution in [2.75, 3.05) is 0 Å². The summed E-state index contributed by atoms with van der Waals surface area (Å²) in [5.41, 5.74) is -0.422. The van der Waals surface area contributed by atoms with Crippen LogP contribution < -0.4 is 11.2 Å². The Morgan fingerprint density at radius 1 is 1.32 bits per heavy atom. The minimum atomic E-state index is -1.36. The van der Waals surface area contributed by atoms with Crippen LogP contribution in [0.15, 0.2) is 33.9 Å². The summed E-state index contributed by atoms with van der Waals surface area (Å²) >= 11 is 0. The highest BCUT2D eigenvalue weighted by atomic mass is 19.1. The zero-order valence-corrected chi connectivity index (χ0v) is 10.5. The molecule has 2 N–H and O–H groups in total. The van der Waals surface area contributed by atoms with E-state index < -0.39 is 29.0 Å². The molecule has 0 fully saturated rings. The van der Waals surface area contributed by atoms with Crippen molar-refractivity contribution in [3.8, 4) is 5.88 Å². The number of H-pyrrole nitrogens is 1. The first kappa shape index (κ1) is 13.1. The molecule has 0 aliphatic carbocycles. The molecule has 2 aromatic rings. The quantitative estimate of drug-likeness (QED) is 0.858. The summed E-state index contributed by atoms with van der Waals surface area (Å²) in [4.78, 5) is 24.6. The van der Waals surface area contributed by atoms with Gasteiger partial charge in [-0.1, -0.05) is 24.3 Å². The molecule has 1 aromatic carbocycles. The van der Waals surface area contributed by atoms with Gasteiger partial charge in [0.05, 0.1) is 6.04 Å². The number of halogens is 1. The molecule has 19 heavy (non-hydrogen) atoms. The van der Waals surface area contributed by atoms with Crippen molar-refractivity contribution in [3.63, 3.8) is 0 Å². The third kappa shape index (κ3) is 2.16. The van der Waals surface area contributed by atoms with E-state index in [4.69, 9.17) is 0 Å². The lowest BCUT2D eigenvalue weighted by Crippen LogP contribution is -2.34. The first-order valence-electron chi connectivity index (χ1n) is 5.72. The molecule has 0 amide bonds. The number of aromatic hydroxyl groups is 1. The Kier molecular flexibility index (Phi) is 3.25. The topological polar surface area (TPSA) is 75.1 Å². The number of benzene rings is 1.